The summed E-state index contributed by atoms with van der Waals surface area (Å²) in [6.45, 7) is 0. The Balaban J connectivity index is 1.89. The highest BCUT2D eigenvalue weighted by molar-refractivity contribution is 6.31. The molecule has 0 unspecified atom stereocenters. The third-order valence-corrected chi connectivity index (χ3v) is 3.21. The lowest BCUT2D eigenvalue weighted by molar-refractivity contribution is 0.0989. The number of pyridine rings is 1. The van der Waals surface area contributed by atoms with Gasteiger partial charge in [0.2, 0.25) is 0 Å². The Hall–Kier alpha value is -2.13. The van der Waals surface area contributed by atoms with Crippen molar-refractivity contribution in [2.45, 2.75) is 6.42 Å². The number of rotatable bonds is 3. The Morgan fingerprint density at radius 2 is 2.16 bits per heavy atom. The van der Waals surface area contributed by atoms with Crippen LogP contribution in [-0.4, -0.2) is 15.8 Å². The standard InChI is InChI=1S/C15H11ClN2O/c16-12-3-4-13-11(7-12)8-14(18-13)15(19)6-10-2-1-5-17-9-10/h1-5,7-9,18H,6H2. The number of carbonyl (C=O) groups excluding carboxylic acids is 1. The van der Waals surface area contributed by atoms with Crippen LogP contribution in [0, 0.1) is 0 Å². The summed E-state index contributed by atoms with van der Waals surface area (Å²) in [7, 11) is 0. The summed E-state index contributed by atoms with van der Waals surface area (Å²) in [5, 5.41) is 1.61. The topological polar surface area (TPSA) is 45.8 Å². The van der Waals surface area contributed by atoms with Crippen molar-refractivity contribution >= 4 is 28.3 Å². The largest absolute Gasteiger partial charge is 0.352 e. The Labute approximate surface area is 115 Å². The molecule has 94 valence electrons. The van der Waals surface area contributed by atoms with Crippen molar-refractivity contribution in [1.82, 2.24) is 9.97 Å². The Kier molecular flexibility index (Phi) is 3.05. The molecule has 3 nitrogen and oxygen atoms in total. The lowest BCUT2D eigenvalue weighted by Gasteiger charge is -1.97. The number of nitrogens with one attached hydrogen (secondary N) is 1. The van der Waals surface area contributed by atoms with Crippen LogP contribution in [0.3, 0.4) is 0 Å². The molecule has 1 N–H and O–H groups in total. The maximum atomic E-state index is 12.2. The summed E-state index contributed by atoms with van der Waals surface area (Å²) in [5.74, 6) is 0.0420. The maximum absolute atomic E-state index is 12.2. The number of H-pyrrole nitrogens is 1. The quantitative estimate of drug-likeness (QED) is 0.739. The molecule has 2 heterocycles. The Morgan fingerprint density at radius 1 is 1.26 bits per heavy atom. The monoisotopic (exact) mass is 270 g/mol. The van der Waals surface area contributed by atoms with Gasteiger partial charge in [0.05, 0.1) is 5.69 Å². The van der Waals surface area contributed by atoms with E-state index in [1.165, 1.54) is 0 Å². The van der Waals surface area contributed by atoms with Crippen molar-refractivity contribution in [1.29, 1.82) is 0 Å². The first-order valence-electron chi connectivity index (χ1n) is 5.93. The minimum atomic E-state index is 0.0420. The second-order valence-corrected chi connectivity index (χ2v) is 4.81. The molecule has 0 radical (unpaired) electrons. The van der Waals surface area contributed by atoms with Gasteiger partial charge in [0.15, 0.2) is 5.78 Å². The number of ketones is 1. The predicted octanol–water partition coefficient (Wildman–Crippen LogP) is 3.64. The molecule has 0 aliphatic heterocycles. The van der Waals surface area contributed by atoms with E-state index in [1.807, 2.05) is 30.3 Å². The average molecular weight is 271 g/mol. The number of hydrogen-bond acceptors (Lipinski definition) is 2. The Bertz CT molecular complexity index is 734. The van der Waals surface area contributed by atoms with E-state index in [0.717, 1.165) is 16.5 Å². The van der Waals surface area contributed by atoms with Crippen LogP contribution in [0.2, 0.25) is 5.02 Å². The second-order valence-electron chi connectivity index (χ2n) is 4.38. The highest BCUT2D eigenvalue weighted by Crippen LogP contribution is 2.20. The first kappa shape index (κ1) is 11.9. The molecule has 0 bridgehead atoms. The highest BCUT2D eigenvalue weighted by atomic mass is 35.5. The molecule has 0 saturated heterocycles. The van der Waals surface area contributed by atoms with Crippen LogP contribution in [0.25, 0.3) is 10.9 Å². The molecule has 0 atom stereocenters. The molecular weight excluding hydrogens is 260 g/mol. The molecule has 0 aliphatic carbocycles. The molecule has 0 spiro atoms. The van der Waals surface area contributed by atoms with Gasteiger partial charge in [-0.05, 0) is 35.9 Å². The second kappa shape index (κ2) is 4.86. The van der Waals surface area contributed by atoms with Gasteiger partial charge in [0.1, 0.15) is 0 Å². The molecule has 0 amide bonds. The van der Waals surface area contributed by atoms with Crippen molar-refractivity contribution in [3.8, 4) is 0 Å². The van der Waals surface area contributed by atoms with Crippen molar-refractivity contribution in [2.24, 2.45) is 0 Å². The highest BCUT2D eigenvalue weighted by Gasteiger charge is 2.10. The van der Waals surface area contributed by atoms with Crippen LogP contribution >= 0.6 is 11.6 Å². The molecule has 0 saturated carbocycles. The van der Waals surface area contributed by atoms with Gasteiger partial charge in [-0.3, -0.25) is 9.78 Å². The van der Waals surface area contributed by atoms with Gasteiger partial charge in [-0.2, -0.15) is 0 Å². The van der Waals surface area contributed by atoms with Crippen LogP contribution in [-0.2, 0) is 6.42 Å². The summed E-state index contributed by atoms with van der Waals surface area (Å²) in [6, 6.07) is 11.1. The zero-order chi connectivity index (χ0) is 13.2. The van der Waals surface area contributed by atoms with Crippen molar-refractivity contribution in [3.05, 3.63) is 65.1 Å². The van der Waals surface area contributed by atoms with E-state index in [4.69, 9.17) is 11.6 Å². The van der Waals surface area contributed by atoms with Crippen molar-refractivity contribution in [3.63, 3.8) is 0 Å². The van der Waals surface area contributed by atoms with Crippen LogP contribution in [0.5, 0.6) is 0 Å². The van der Waals surface area contributed by atoms with E-state index < -0.39 is 0 Å². The number of benzene rings is 1. The lowest BCUT2D eigenvalue weighted by Crippen LogP contribution is -2.03. The molecule has 4 heteroatoms. The zero-order valence-electron chi connectivity index (χ0n) is 10.1. The molecule has 0 fully saturated rings. The van der Waals surface area contributed by atoms with Gasteiger partial charge >= 0.3 is 0 Å². The fraction of sp³-hybridized carbons (Fsp3) is 0.0667. The number of hydrogen-bond donors (Lipinski definition) is 1. The third-order valence-electron chi connectivity index (χ3n) is 2.97. The fourth-order valence-corrected chi connectivity index (χ4v) is 2.22. The van der Waals surface area contributed by atoms with Crippen LogP contribution in [0.1, 0.15) is 16.1 Å². The van der Waals surface area contributed by atoms with Crippen LogP contribution in [0.15, 0.2) is 48.8 Å². The molecule has 3 rings (SSSR count). The first-order valence-corrected chi connectivity index (χ1v) is 6.30. The van der Waals surface area contributed by atoms with E-state index in [9.17, 15) is 4.79 Å². The van der Waals surface area contributed by atoms with Gasteiger partial charge in [-0.25, -0.2) is 0 Å². The average Bonchev–Trinajstić information content (AvgIpc) is 2.83. The van der Waals surface area contributed by atoms with Gasteiger partial charge in [0.25, 0.3) is 0 Å². The van der Waals surface area contributed by atoms with Crippen molar-refractivity contribution in [2.75, 3.05) is 0 Å². The number of aromatic amines is 1. The third kappa shape index (κ3) is 2.51. The van der Waals surface area contributed by atoms with Gasteiger partial charge in [-0.15, -0.1) is 0 Å². The summed E-state index contributed by atoms with van der Waals surface area (Å²) in [5.41, 5.74) is 2.42. The number of carbonyl (C=O) groups is 1. The Morgan fingerprint density at radius 3 is 2.95 bits per heavy atom. The molecule has 1 aromatic carbocycles. The maximum Gasteiger partial charge on any atom is 0.183 e. The zero-order valence-corrected chi connectivity index (χ0v) is 10.8. The number of halogens is 1. The van der Waals surface area contributed by atoms with E-state index in [0.29, 0.717) is 17.1 Å². The smallest absolute Gasteiger partial charge is 0.183 e. The summed E-state index contributed by atoms with van der Waals surface area (Å²) < 4.78 is 0. The molecule has 2 aromatic heterocycles. The fourth-order valence-electron chi connectivity index (χ4n) is 2.04. The molecular formula is C15H11ClN2O. The van der Waals surface area contributed by atoms with Gasteiger partial charge in [-0.1, -0.05) is 17.7 Å². The van der Waals surface area contributed by atoms with Gasteiger partial charge in [0, 0.05) is 34.7 Å². The number of aromatic nitrogens is 2. The number of Topliss-reactive ketones (excluding diaryl/α,β-unsaturated/α-hetero) is 1. The first-order chi connectivity index (χ1) is 9.22. The molecule has 19 heavy (non-hydrogen) atoms. The van der Waals surface area contributed by atoms with Crippen molar-refractivity contribution < 1.29 is 4.79 Å². The van der Waals surface area contributed by atoms with E-state index in [-0.39, 0.29) is 5.78 Å². The number of nitrogens with zero attached hydrogens (tertiary/aromatic N) is 1. The minimum absolute atomic E-state index is 0.0420. The minimum Gasteiger partial charge on any atom is -0.352 e. The predicted molar refractivity (Wildman–Crippen MR) is 75.6 cm³/mol. The number of fused-ring (bicyclic) bond motifs is 1. The summed E-state index contributed by atoms with van der Waals surface area (Å²) >= 11 is 5.93. The van der Waals surface area contributed by atoms with Crippen LogP contribution < -0.4 is 0 Å². The van der Waals surface area contributed by atoms with E-state index in [1.54, 1.807) is 18.5 Å². The van der Waals surface area contributed by atoms with E-state index >= 15 is 0 Å². The van der Waals surface area contributed by atoms with E-state index in [2.05, 4.69) is 9.97 Å². The molecule has 3 aromatic rings. The van der Waals surface area contributed by atoms with Gasteiger partial charge < -0.3 is 4.98 Å². The summed E-state index contributed by atoms with van der Waals surface area (Å²) in [4.78, 5) is 19.3. The summed E-state index contributed by atoms with van der Waals surface area (Å²) in [6.07, 6.45) is 3.74. The normalized spacial score (nSPS) is 10.8. The molecule has 0 aliphatic rings. The lowest BCUT2D eigenvalue weighted by atomic mass is 10.1. The SMILES string of the molecule is O=C(Cc1cccnc1)c1cc2cc(Cl)ccc2[nH]1. The van der Waals surface area contributed by atoms with Crippen LogP contribution in [0.4, 0.5) is 0 Å².